The maximum atomic E-state index is 12.1. The van der Waals surface area contributed by atoms with E-state index >= 15 is 0 Å². The lowest BCUT2D eigenvalue weighted by Gasteiger charge is -2.09. The minimum Gasteiger partial charge on any atom is -0.381 e. The molecule has 0 spiro atoms. The Balaban J connectivity index is 2.39. The van der Waals surface area contributed by atoms with Crippen LogP contribution in [0.25, 0.3) is 0 Å². The maximum Gasteiger partial charge on any atom is 0.281 e. The van der Waals surface area contributed by atoms with E-state index in [9.17, 15) is 8.42 Å². The third-order valence-corrected chi connectivity index (χ3v) is 4.24. The minimum absolute atomic E-state index is 0.0278. The zero-order valence-electron chi connectivity index (χ0n) is 9.46. The van der Waals surface area contributed by atoms with Crippen LogP contribution in [0.1, 0.15) is 0 Å². The largest absolute Gasteiger partial charge is 0.381 e. The van der Waals surface area contributed by atoms with E-state index in [2.05, 4.69) is 25.6 Å². The lowest BCUT2D eigenvalue weighted by molar-refractivity contribution is 0.592. The monoisotopic (exact) mass is 330 g/mol. The number of aryl methyl sites for hydroxylation is 1. The number of nitrogens with one attached hydrogen (secondary N) is 1. The summed E-state index contributed by atoms with van der Waals surface area (Å²) in [5.74, 6) is -0.0278. The highest BCUT2D eigenvalue weighted by Gasteiger charge is 2.22. The fraction of sp³-hybridized carbons (Fsp3) is 0.100. The summed E-state index contributed by atoms with van der Waals surface area (Å²) in [5, 5.41) is -0.0533. The lowest BCUT2D eigenvalue weighted by Crippen LogP contribution is -2.17. The number of hydrogen-bond acceptors (Lipinski definition) is 4. The van der Waals surface area contributed by atoms with Crippen molar-refractivity contribution in [3.05, 3.63) is 35.1 Å². The normalized spacial score (nSPS) is 11.4. The van der Waals surface area contributed by atoms with Crippen molar-refractivity contribution in [3.8, 4) is 0 Å². The molecule has 0 fully saturated rings. The summed E-state index contributed by atoms with van der Waals surface area (Å²) < 4.78 is 28.9. The lowest BCUT2D eigenvalue weighted by atomic mass is 10.3. The molecule has 0 bridgehead atoms. The molecule has 3 N–H and O–H groups in total. The van der Waals surface area contributed by atoms with E-state index in [1.165, 1.54) is 10.9 Å². The number of sulfonamides is 1. The summed E-state index contributed by atoms with van der Waals surface area (Å²) >= 11 is 3.27. The standard InChI is InChI=1S/C10H11BrN4O2S/c1-15-6-13-9(12)10(15)18(16,17)14-8-4-2-3-7(11)5-8/h2-6,14H,12H2,1H3. The minimum atomic E-state index is -3.74. The summed E-state index contributed by atoms with van der Waals surface area (Å²) in [7, 11) is -2.18. The molecule has 0 radical (unpaired) electrons. The van der Waals surface area contributed by atoms with Gasteiger partial charge in [0.25, 0.3) is 10.0 Å². The van der Waals surface area contributed by atoms with Crippen molar-refractivity contribution in [1.29, 1.82) is 0 Å². The Bertz CT molecular complexity index is 661. The quantitative estimate of drug-likeness (QED) is 0.893. The van der Waals surface area contributed by atoms with Gasteiger partial charge in [0.15, 0.2) is 10.8 Å². The number of aromatic nitrogens is 2. The van der Waals surface area contributed by atoms with Crippen LogP contribution in [0.3, 0.4) is 0 Å². The second-order valence-corrected chi connectivity index (χ2v) is 6.18. The average molecular weight is 331 g/mol. The van der Waals surface area contributed by atoms with Crippen LogP contribution >= 0.6 is 15.9 Å². The molecule has 1 aromatic heterocycles. The van der Waals surface area contributed by atoms with Crippen molar-refractivity contribution < 1.29 is 8.42 Å². The summed E-state index contributed by atoms with van der Waals surface area (Å²) in [6, 6.07) is 6.84. The first-order valence-electron chi connectivity index (χ1n) is 4.95. The summed E-state index contributed by atoms with van der Waals surface area (Å²) in [6.45, 7) is 0. The van der Waals surface area contributed by atoms with Gasteiger partial charge in [0.1, 0.15) is 0 Å². The Morgan fingerprint density at radius 2 is 2.17 bits per heavy atom. The Morgan fingerprint density at radius 1 is 1.44 bits per heavy atom. The van der Waals surface area contributed by atoms with E-state index in [4.69, 9.17) is 5.73 Å². The van der Waals surface area contributed by atoms with E-state index in [0.717, 1.165) is 4.47 Å². The number of hydrogen-bond donors (Lipinski definition) is 2. The molecule has 0 saturated carbocycles. The van der Waals surface area contributed by atoms with Gasteiger partial charge in [-0.25, -0.2) is 4.98 Å². The van der Waals surface area contributed by atoms with Crippen molar-refractivity contribution in [3.63, 3.8) is 0 Å². The first-order valence-corrected chi connectivity index (χ1v) is 7.23. The number of nitrogens with zero attached hydrogens (tertiary/aromatic N) is 2. The Hall–Kier alpha value is -1.54. The van der Waals surface area contributed by atoms with Gasteiger partial charge in [0.2, 0.25) is 0 Å². The van der Waals surface area contributed by atoms with E-state index < -0.39 is 10.0 Å². The van der Waals surface area contributed by atoms with E-state index in [1.807, 2.05) is 0 Å². The molecule has 0 unspecified atom stereocenters. The first kappa shape index (κ1) is 12.9. The van der Waals surface area contributed by atoms with E-state index in [0.29, 0.717) is 5.69 Å². The highest BCUT2D eigenvalue weighted by Crippen LogP contribution is 2.22. The third kappa shape index (κ3) is 2.49. The van der Waals surface area contributed by atoms with Gasteiger partial charge in [-0.1, -0.05) is 22.0 Å². The molecule has 8 heteroatoms. The predicted molar refractivity (Wildman–Crippen MR) is 72.6 cm³/mol. The molecule has 2 rings (SSSR count). The molecule has 1 heterocycles. The number of halogens is 1. The molecule has 96 valence electrons. The SMILES string of the molecule is Cn1cnc(N)c1S(=O)(=O)Nc1cccc(Br)c1. The van der Waals surface area contributed by atoms with E-state index in [-0.39, 0.29) is 10.8 Å². The molecule has 6 nitrogen and oxygen atoms in total. The second-order valence-electron chi connectivity index (χ2n) is 3.66. The molecule has 0 atom stereocenters. The van der Waals surface area contributed by atoms with Crippen LogP contribution in [-0.4, -0.2) is 18.0 Å². The average Bonchev–Trinajstić information content (AvgIpc) is 2.58. The van der Waals surface area contributed by atoms with Gasteiger partial charge in [-0.05, 0) is 18.2 Å². The Labute approximate surface area is 113 Å². The zero-order chi connectivity index (χ0) is 13.3. The third-order valence-electron chi connectivity index (χ3n) is 2.24. The van der Waals surface area contributed by atoms with Crippen LogP contribution in [0.4, 0.5) is 11.5 Å². The Morgan fingerprint density at radius 3 is 2.72 bits per heavy atom. The molecule has 0 saturated heterocycles. The number of nitrogens with two attached hydrogens (primary N) is 1. The van der Waals surface area contributed by atoms with Gasteiger partial charge >= 0.3 is 0 Å². The molecule has 1 aromatic carbocycles. The zero-order valence-corrected chi connectivity index (χ0v) is 11.9. The maximum absolute atomic E-state index is 12.1. The van der Waals surface area contributed by atoms with Gasteiger partial charge in [-0.15, -0.1) is 0 Å². The first-order chi connectivity index (χ1) is 8.40. The van der Waals surface area contributed by atoms with Crippen LogP contribution in [0.15, 0.2) is 40.1 Å². The van der Waals surface area contributed by atoms with Crippen LogP contribution in [0, 0.1) is 0 Å². The fourth-order valence-corrected chi connectivity index (χ4v) is 3.21. The van der Waals surface area contributed by atoms with Crippen LogP contribution in [0.2, 0.25) is 0 Å². The van der Waals surface area contributed by atoms with E-state index in [1.54, 1.807) is 31.3 Å². The molecular formula is C10H11BrN4O2S. The highest BCUT2D eigenvalue weighted by atomic mass is 79.9. The molecule has 2 aromatic rings. The molecule has 18 heavy (non-hydrogen) atoms. The summed E-state index contributed by atoms with van der Waals surface area (Å²) in [5.41, 5.74) is 6.00. The number of rotatable bonds is 3. The van der Waals surface area contributed by atoms with Crippen molar-refractivity contribution in [2.24, 2.45) is 7.05 Å². The molecule has 0 aliphatic rings. The highest BCUT2D eigenvalue weighted by molar-refractivity contribution is 9.10. The van der Waals surface area contributed by atoms with Crippen LogP contribution in [-0.2, 0) is 17.1 Å². The molecule has 0 aliphatic heterocycles. The van der Waals surface area contributed by atoms with Gasteiger partial charge in [-0.2, -0.15) is 8.42 Å². The number of benzene rings is 1. The predicted octanol–water partition coefficient (Wildman–Crippen LogP) is 1.57. The molecule has 0 amide bonds. The number of imidazole rings is 1. The van der Waals surface area contributed by atoms with Gasteiger partial charge in [0.05, 0.1) is 6.33 Å². The number of anilines is 2. The van der Waals surface area contributed by atoms with Crippen LogP contribution < -0.4 is 10.5 Å². The molecule has 0 aliphatic carbocycles. The van der Waals surface area contributed by atoms with Gasteiger partial charge in [-0.3, -0.25) is 4.72 Å². The van der Waals surface area contributed by atoms with Crippen molar-refractivity contribution in [2.45, 2.75) is 5.03 Å². The summed E-state index contributed by atoms with van der Waals surface area (Å²) in [6.07, 6.45) is 1.35. The van der Waals surface area contributed by atoms with Crippen molar-refractivity contribution >= 4 is 37.5 Å². The number of nitrogen functional groups attached to an aromatic ring is 1. The second kappa shape index (κ2) is 4.62. The fourth-order valence-electron chi connectivity index (χ4n) is 1.52. The summed E-state index contributed by atoms with van der Waals surface area (Å²) in [4.78, 5) is 3.75. The molecular weight excluding hydrogens is 320 g/mol. The van der Waals surface area contributed by atoms with Gasteiger partial charge in [0, 0.05) is 17.2 Å². The van der Waals surface area contributed by atoms with Gasteiger partial charge < -0.3 is 10.3 Å². The van der Waals surface area contributed by atoms with Crippen molar-refractivity contribution in [2.75, 3.05) is 10.5 Å². The van der Waals surface area contributed by atoms with Crippen LogP contribution in [0.5, 0.6) is 0 Å². The van der Waals surface area contributed by atoms with Crippen molar-refractivity contribution in [1.82, 2.24) is 9.55 Å². The topological polar surface area (TPSA) is 90.0 Å². The Kier molecular flexibility index (Phi) is 3.31. The smallest absolute Gasteiger partial charge is 0.281 e.